The Bertz CT molecular complexity index is 2260. The van der Waals surface area contributed by atoms with Crippen LogP contribution in [0.2, 0.25) is 5.02 Å². The van der Waals surface area contributed by atoms with Crippen LogP contribution in [0.4, 0.5) is 0 Å². The minimum atomic E-state index is 0.781. The van der Waals surface area contributed by atoms with Crippen molar-refractivity contribution in [1.29, 1.82) is 0 Å². The molecule has 0 aliphatic carbocycles. The molecule has 2 heterocycles. The van der Waals surface area contributed by atoms with Crippen LogP contribution in [0.3, 0.4) is 0 Å². The first kappa shape index (κ1) is 24.4. The summed E-state index contributed by atoms with van der Waals surface area (Å²) in [5, 5.41) is 5.58. The quantitative estimate of drug-likeness (QED) is 0.208. The Morgan fingerprint density at radius 2 is 1.44 bits per heavy atom. The molecular formula is C37H25ClN2S. The van der Waals surface area contributed by atoms with Crippen molar-refractivity contribution < 1.29 is 0 Å². The van der Waals surface area contributed by atoms with Gasteiger partial charge in [-0.1, -0.05) is 103 Å². The minimum absolute atomic E-state index is 0.781. The molecule has 0 saturated heterocycles. The summed E-state index contributed by atoms with van der Waals surface area (Å²) in [5.41, 5.74) is 8.09. The molecule has 4 heteroatoms. The molecule has 0 unspecified atom stereocenters. The van der Waals surface area contributed by atoms with Crippen LogP contribution in [-0.2, 0) is 6.42 Å². The van der Waals surface area contributed by atoms with Crippen LogP contribution in [0.15, 0.2) is 121 Å². The van der Waals surface area contributed by atoms with E-state index in [1.807, 2.05) is 17.4 Å². The number of fused-ring (bicyclic) bond motifs is 5. The van der Waals surface area contributed by atoms with Gasteiger partial charge in [-0.15, -0.1) is 11.3 Å². The summed E-state index contributed by atoms with van der Waals surface area (Å²) in [7, 11) is 0. The summed E-state index contributed by atoms with van der Waals surface area (Å²) in [5.74, 6) is 1.06. The smallest absolute Gasteiger partial charge is 0.114 e. The Kier molecular flexibility index (Phi) is 5.70. The third-order valence-corrected chi connectivity index (χ3v) is 9.52. The number of aromatic nitrogens is 2. The predicted octanol–water partition coefficient (Wildman–Crippen LogP) is 11.1. The van der Waals surface area contributed by atoms with Crippen LogP contribution in [0.25, 0.3) is 69.9 Å². The topological polar surface area (TPSA) is 17.8 Å². The molecule has 2 aromatic heterocycles. The third kappa shape index (κ3) is 3.81. The zero-order valence-electron chi connectivity index (χ0n) is 22.4. The van der Waals surface area contributed by atoms with Crippen molar-refractivity contribution in [2.45, 2.75) is 13.3 Å². The third-order valence-electron chi connectivity index (χ3n) is 8.05. The number of nitrogens with zero attached hydrogens (tertiary/aromatic N) is 2. The van der Waals surface area contributed by atoms with Crippen LogP contribution >= 0.6 is 22.9 Å². The van der Waals surface area contributed by atoms with Gasteiger partial charge in [0, 0.05) is 48.3 Å². The lowest BCUT2D eigenvalue weighted by molar-refractivity contribution is 0.909. The summed E-state index contributed by atoms with van der Waals surface area (Å²) in [6.07, 6.45) is 0.841. The monoisotopic (exact) mass is 564 g/mol. The van der Waals surface area contributed by atoms with E-state index >= 15 is 0 Å². The van der Waals surface area contributed by atoms with Gasteiger partial charge < -0.3 is 0 Å². The number of imidazole rings is 1. The second-order valence-electron chi connectivity index (χ2n) is 10.4. The molecule has 196 valence electrons. The molecule has 0 aliphatic heterocycles. The van der Waals surface area contributed by atoms with Gasteiger partial charge in [-0.3, -0.25) is 4.57 Å². The SMILES string of the molecule is CCc1nc2c(-c3ccccc3)cccc2n1-c1ccc2sc3cccc(-c4ccc(Cl)c5ccccc45)c3c2c1. The molecule has 0 bridgehead atoms. The average molecular weight is 565 g/mol. The number of benzene rings is 6. The molecule has 0 saturated carbocycles. The minimum Gasteiger partial charge on any atom is -0.296 e. The molecule has 0 fully saturated rings. The fourth-order valence-corrected chi connectivity index (χ4v) is 7.54. The molecule has 0 amide bonds. The van der Waals surface area contributed by atoms with E-state index in [4.69, 9.17) is 16.6 Å². The fourth-order valence-electron chi connectivity index (χ4n) is 6.20. The first-order chi connectivity index (χ1) is 20.2. The number of rotatable bonds is 4. The molecule has 0 aliphatic rings. The van der Waals surface area contributed by atoms with Gasteiger partial charge in [-0.05, 0) is 58.5 Å². The molecular weight excluding hydrogens is 540 g/mol. The Morgan fingerprint density at radius 1 is 0.659 bits per heavy atom. The maximum Gasteiger partial charge on any atom is 0.114 e. The van der Waals surface area contributed by atoms with Crippen LogP contribution in [-0.4, -0.2) is 9.55 Å². The molecule has 0 radical (unpaired) electrons. The number of thiophene rings is 1. The summed E-state index contributed by atoms with van der Waals surface area (Å²) in [4.78, 5) is 5.17. The van der Waals surface area contributed by atoms with Gasteiger partial charge >= 0.3 is 0 Å². The van der Waals surface area contributed by atoms with Crippen LogP contribution in [0.5, 0.6) is 0 Å². The van der Waals surface area contributed by atoms with Gasteiger partial charge in [-0.2, -0.15) is 0 Å². The number of aryl methyl sites for hydroxylation is 1. The highest BCUT2D eigenvalue weighted by Crippen LogP contribution is 2.43. The van der Waals surface area contributed by atoms with Crippen LogP contribution < -0.4 is 0 Å². The second-order valence-corrected chi connectivity index (χ2v) is 11.8. The fraction of sp³-hybridized carbons (Fsp3) is 0.0541. The highest BCUT2D eigenvalue weighted by molar-refractivity contribution is 7.26. The Morgan fingerprint density at radius 3 is 2.29 bits per heavy atom. The molecule has 0 N–H and O–H groups in total. The molecule has 6 aromatic carbocycles. The Balaban J connectivity index is 1.39. The summed E-state index contributed by atoms with van der Waals surface area (Å²) < 4.78 is 4.90. The van der Waals surface area contributed by atoms with Crippen molar-refractivity contribution >= 4 is 64.9 Å². The Labute approximate surface area is 247 Å². The van der Waals surface area contributed by atoms with E-state index in [9.17, 15) is 0 Å². The first-order valence-electron chi connectivity index (χ1n) is 13.9. The maximum atomic E-state index is 6.61. The van der Waals surface area contributed by atoms with Crippen molar-refractivity contribution in [3.63, 3.8) is 0 Å². The van der Waals surface area contributed by atoms with Crippen molar-refractivity contribution in [2.24, 2.45) is 0 Å². The van der Waals surface area contributed by atoms with E-state index in [-0.39, 0.29) is 0 Å². The molecule has 0 spiro atoms. The zero-order valence-corrected chi connectivity index (χ0v) is 24.0. The van der Waals surface area contributed by atoms with Gasteiger partial charge in [0.05, 0.1) is 11.0 Å². The van der Waals surface area contributed by atoms with E-state index in [1.165, 1.54) is 42.2 Å². The van der Waals surface area contributed by atoms with E-state index < -0.39 is 0 Å². The second kappa shape index (κ2) is 9.59. The highest BCUT2D eigenvalue weighted by Gasteiger charge is 2.18. The van der Waals surface area contributed by atoms with Crippen molar-refractivity contribution in [3.05, 3.63) is 132 Å². The molecule has 0 atom stereocenters. The first-order valence-corrected chi connectivity index (χ1v) is 15.1. The maximum absolute atomic E-state index is 6.61. The van der Waals surface area contributed by atoms with Gasteiger partial charge in [0.1, 0.15) is 5.82 Å². The van der Waals surface area contributed by atoms with Crippen LogP contribution in [0, 0.1) is 0 Å². The van der Waals surface area contributed by atoms with Crippen LogP contribution in [0.1, 0.15) is 12.7 Å². The summed E-state index contributed by atoms with van der Waals surface area (Å²) >= 11 is 8.45. The lowest BCUT2D eigenvalue weighted by Crippen LogP contribution is -1.99. The number of halogens is 1. The Hall–Kier alpha value is -4.44. The summed E-state index contributed by atoms with van der Waals surface area (Å²) in [6, 6.07) is 43.2. The van der Waals surface area contributed by atoms with Gasteiger partial charge in [0.25, 0.3) is 0 Å². The van der Waals surface area contributed by atoms with E-state index in [1.54, 1.807) is 0 Å². The van der Waals surface area contributed by atoms with Crippen molar-refractivity contribution in [3.8, 4) is 27.9 Å². The lowest BCUT2D eigenvalue weighted by Gasteiger charge is -2.12. The van der Waals surface area contributed by atoms with E-state index in [0.29, 0.717) is 0 Å². The molecule has 41 heavy (non-hydrogen) atoms. The number of hydrogen-bond acceptors (Lipinski definition) is 2. The van der Waals surface area contributed by atoms with Gasteiger partial charge in [0.15, 0.2) is 0 Å². The molecule has 8 rings (SSSR count). The van der Waals surface area contributed by atoms with E-state index in [2.05, 4.69) is 127 Å². The predicted molar refractivity (Wildman–Crippen MR) is 177 cm³/mol. The lowest BCUT2D eigenvalue weighted by atomic mass is 9.94. The largest absolute Gasteiger partial charge is 0.296 e. The standard InChI is InChI=1S/C37H25ClN2S/c1-2-35-39-37-25(23-10-4-3-5-11-23)14-8-16-32(37)40(35)24-18-21-33-30(22-24)36-29(15-9-17-34(36)41-33)27-19-20-31(38)28-13-7-6-12-26(27)28/h3-22H,2H2,1H3. The normalized spacial score (nSPS) is 11.8. The zero-order chi connectivity index (χ0) is 27.5. The van der Waals surface area contributed by atoms with Gasteiger partial charge in [0.2, 0.25) is 0 Å². The van der Waals surface area contributed by atoms with E-state index in [0.717, 1.165) is 44.9 Å². The molecule has 8 aromatic rings. The van der Waals surface area contributed by atoms with Crippen molar-refractivity contribution in [2.75, 3.05) is 0 Å². The average Bonchev–Trinajstić information content (AvgIpc) is 3.60. The van der Waals surface area contributed by atoms with Gasteiger partial charge in [-0.25, -0.2) is 4.98 Å². The van der Waals surface area contributed by atoms with Crippen molar-refractivity contribution in [1.82, 2.24) is 9.55 Å². The summed E-state index contributed by atoms with van der Waals surface area (Å²) in [6.45, 7) is 2.18. The number of para-hydroxylation sites is 1. The molecule has 2 nitrogen and oxygen atoms in total. The number of hydrogen-bond donors (Lipinski definition) is 0. The highest BCUT2D eigenvalue weighted by atomic mass is 35.5.